The van der Waals surface area contributed by atoms with Crippen molar-refractivity contribution in [1.29, 1.82) is 5.26 Å². The molecule has 1 fully saturated rings. The van der Waals surface area contributed by atoms with Gasteiger partial charge in [-0.05, 0) is 54.8 Å². The average molecular weight is 321 g/mol. The van der Waals surface area contributed by atoms with Crippen LogP contribution in [0.25, 0.3) is 0 Å². The Hall–Kier alpha value is -2.51. The van der Waals surface area contributed by atoms with E-state index in [1.54, 1.807) is 7.11 Å². The van der Waals surface area contributed by atoms with Gasteiger partial charge in [0.05, 0.1) is 18.7 Å². The Kier molecular flexibility index (Phi) is 5.35. The zero-order valence-electron chi connectivity index (χ0n) is 14.0. The van der Waals surface area contributed by atoms with Gasteiger partial charge in [-0.1, -0.05) is 12.1 Å². The number of nitrogens with one attached hydrogen (secondary N) is 1. The van der Waals surface area contributed by atoms with Gasteiger partial charge in [-0.2, -0.15) is 5.26 Å². The maximum absolute atomic E-state index is 8.97. The van der Waals surface area contributed by atoms with Crippen molar-refractivity contribution in [2.45, 2.75) is 25.4 Å². The number of piperidine rings is 1. The number of nitriles is 1. The lowest BCUT2D eigenvalue weighted by atomic mass is 10.0. The van der Waals surface area contributed by atoms with Gasteiger partial charge in [-0.15, -0.1) is 0 Å². The summed E-state index contributed by atoms with van der Waals surface area (Å²) in [7, 11) is 1.69. The number of hydrogen-bond donors (Lipinski definition) is 1. The molecule has 1 N–H and O–H groups in total. The molecule has 0 aliphatic carbocycles. The van der Waals surface area contributed by atoms with Crippen LogP contribution in [0.5, 0.6) is 5.75 Å². The molecule has 0 spiro atoms. The fourth-order valence-electron chi connectivity index (χ4n) is 3.15. The predicted octanol–water partition coefficient (Wildman–Crippen LogP) is 3.33. The SMILES string of the molecule is COc1ccc(N2CCC(NCc3cccc(C#N)c3)CC2)cc1. The topological polar surface area (TPSA) is 48.3 Å². The first-order chi connectivity index (χ1) is 11.8. The number of anilines is 1. The van der Waals surface area contributed by atoms with Crippen LogP contribution in [0.15, 0.2) is 48.5 Å². The Labute approximate surface area is 143 Å². The zero-order valence-corrected chi connectivity index (χ0v) is 14.0. The summed E-state index contributed by atoms with van der Waals surface area (Å²) in [6, 6.07) is 18.8. The van der Waals surface area contributed by atoms with Crippen molar-refractivity contribution in [3.63, 3.8) is 0 Å². The maximum atomic E-state index is 8.97. The summed E-state index contributed by atoms with van der Waals surface area (Å²) in [5, 5.41) is 12.6. The molecule has 4 nitrogen and oxygen atoms in total. The van der Waals surface area contributed by atoms with E-state index >= 15 is 0 Å². The van der Waals surface area contributed by atoms with Crippen molar-refractivity contribution in [3.05, 3.63) is 59.7 Å². The van der Waals surface area contributed by atoms with Crippen molar-refractivity contribution in [2.75, 3.05) is 25.1 Å². The first-order valence-electron chi connectivity index (χ1n) is 8.40. The minimum atomic E-state index is 0.533. The third-order valence-electron chi connectivity index (χ3n) is 4.58. The van der Waals surface area contributed by atoms with Crippen molar-refractivity contribution in [1.82, 2.24) is 5.32 Å². The quantitative estimate of drug-likeness (QED) is 0.918. The molecule has 0 unspecified atom stereocenters. The molecule has 0 aromatic heterocycles. The Balaban J connectivity index is 1.48. The van der Waals surface area contributed by atoms with E-state index in [1.165, 1.54) is 11.3 Å². The van der Waals surface area contributed by atoms with Gasteiger partial charge in [-0.25, -0.2) is 0 Å². The lowest BCUT2D eigenvalue weighted by molar-refractivity contribution is 0.411. The lowest BCUT2D eigenvalue weighted by Crippen LogP contribution is -2.42. The number of rotatable bonds is 5. The summed E-state index contributed by atoms with van der Waals surface area (Å²) in [4.78, 5) is 2.42. The van der Waals surface area contributed by atoms with Crippen molar-refractivity contribution in [3.8, 4) is 11.8 Å². The van der Waals surface area contributed by atoms with E-state index < -0.39 is 0 Å². The van der Waals surface area contributed by atoms with Gasteiger partial charge in [0.1, 0.15) is 5.75 Å². The van der Waals surface area contributed by atoms with Crippen LogP contribution in [0.3, 0.4) is 0 Å². The van der Waals surface area contributed by atoms with E-state index in [9.17, 15) is 0 Å². The van der Waals surface area contributed by atoms with Crippen LogP contribution in [-0.4, -0.2) is 26.2 Å². The third kappa shape index (κ3) is 4.06. The van der Waals surface area contributed by atoms with E-state index in [-0.39, 0.29) is 0 Å². The number of ether oxygens (including phenoxy) is 1. The normalized spacial score (nSPS) is 15.1. The summed E-state index contributed by atoms with van der Waals surface area (Å²) >= 11 is 0. The molecule has 0 radical (unpaired) electrons. The van der Waals surface area contributed by atoms with Crippen molar-refractivity contribution >= 4 is 5.69 Å². The van der Waals surface area contributed by atoms with Gasteiger partial charge in [0.15, 0.2) is 0 Å². The Morgan fingerprint density at radius 1 is 1.17 bits per heavy atom. The molecule has 0 saturated carbocycles. The van der Waals surface area contributed by atoms with Crippen molar-refractivity contribution < 1.29 is 4.74 Å². The molecule has 0 bridgehead atoms. The molecular weight excluding hydrogens is 298 g/mol. The molecule has 1 aliphatic rings. The highest BCUT2D eigenvalue weighted by Gasteiger charge is 2.19. The molecule has 1 saturated heterocycles. The Morgan fingerprint density at radius 3 is 2.58 bits per heavy atom. The van der Waals surface area contributed by atoms with E-state index in [0.29, 0.717) is 6.04 Å². The largest absolute Gasteiger partial charge is 0.497 e. The van der Waals surface area contributed by atoms with Crippen LogP contribution >= 0.6 is 0 Å². The smallest absolute Gasteiger partial charge is 0.119 e. The van der Waals surface area contributed by atoms with E-state index in [0.717, 1.165) is 43.8 Å². The van der Waals surface area contributed by atoms with E-state index in [1.807, 2.05) is 30.3 Å². The minimum Gasteiger partial charge on any atom is -0.497 e. The zero-order chi connectivity index (χ0) is 16.8. The van der Waals surface area contributed by atoms with Gasteiger partial charge in [-0.3, -0.25) is 0 Å². The average Bonchev–Trinajstić information content (AvgIpc) is 2.67. The molecule has 0 atom stereocenters. The fourth-order valence-corrected chi connectivity index (χ4v) is 3.15. The predicted molar refractivity (Wildman–Crippen MR) is 96.2 cm³/mol. The monoisotopic (exact) mass is 321 g/mol. The van der Waals surface area contributed by atoms with Crippen LogP contribution in [-0.2, 0) is 6.54 Å². The molecule has 1 aliphatic heterocycles. The molecule has 0 amide bonds. The van der Waals surface area contributed by atoms with Gasteiger partial charge in [0, 0.05) is 31.4 Å². The van der Waals surface area contributed by atoms with Gasteiger partial charge in [0.2, 0.25) is 0 Å². The molecule has 2 aromatic carbocycles. The second-order valence-electron chi connectivity index (χ2n) is 6.15. The molecule has 1 heterocycles. The van der Waals surface area contributed by atoms with Crippen LogP contribution in [0.2, 0.25) is 0 Å². The van der Waals surface area contributed by atoms with Gasteiger partial charge < -0.3 is 15.0 Å². The summed E-state index contributed by atoms with van der Waals surface area (Å²) in [5.41, 5.74) is 3.16. The third-order valence-corrected chi connectivity index (χ3v) is 4.58. The van der Waals surface area contributed by atoms with Crippen molar-refractivity contribution in [2.24, 2.45) is 0 Å². The highest BCUT2D eigenvalue weighted by Crippen LogP contribution is 2.23. The van der Waals surface area contributed by atoms with Gasteiger partial charge in [0.25, 0.3) is 0 Å². The summed E-state index contributed by atoms with van der Waals surface area (Å²) in [6.45, 7) is 2.94. The van der Waals surface area contributed by atoms with E-state index in [2.05, 4.69) is 34.5 Å². The number of benzene rings is 2. The van der Waals surface area contributed by atoms with Crippen LogP contribution in [0, 0.1) is 11.3 Å². The molecule has 2 aromatic rings. The maximum Gasteiger partial charge on any atom is 0.119 e. The Bertz CT molecular complexity index is 698. The van der Waals surface area contributed by atoms with Crippen LogP contribution in [0.4, 0.5) is 5.69 Å². The lowest BCUT2D eigenvalue weighted by Gasteiger charge is -2.34. The first-order valence-corrected chi connectivity index (χ1v) is 8.40. The standard InChI is InChI=1S/C20H23N3O/c1-24-20-7-5-19(6-8-20)23-11-9-18(10-12-23)22-15-17-4-2-3-16(13-17)14-21/h2-8,13,18,22H,9-12,15H2,1H3. The Morgan fingerprint density at radius 2 is 1.92 bits per heavy atom. The highest BCUT2D eigenvalue weighted by atomic mass is 16.5. The summed E-state index contributed by atoms with van der Waals surface area (Å²) in [5.74, 6) is 0.898. The van der Waals surface area contributed by atoms with Crippen LogP contribution in [0.1, 0.15) is 24.0 Å². The van der Waals surface area contributed by atoms with Gasteiger partial charge >= 0.3 is 0 Å². The summed E-state index contributed by atoms with van der Waals surface area (Å²) < 4.78 is 5.22. The summed E-state index contributed by atoms with van der Waals surface area (Å²) in [6.07, 6.45) is 2.26. The number of methoxy groups -OCH3 is 1. The van der Waals surface area contributed by atoms with Crippen LogP contribution < -0.4 is 15.0 Å². The molecule has 3 rings (SSSR count). The first kappa shape index (κ1) is 16.4. The number of hydrogen-bond acceptors (Lipinski definition) is 4. The second kappa shape index (κ2) is 7.85. The molecular formula is C20H23N3O. The minimum absolute atomic E-state index is 0.533. The second-order valence-corrected chi connectivity index (χ2v) is 6.15. The molecule has 4 heteroatoms. The van der Waals surface area contributed by atoms with E-state index in [4.69, 9.17) is 10.00 Å². The molecule has 24 heavy (non-hydrogen) atoms. The highest BCUT2D eigenvalue weighted by molar-refractivity contribution is 5.49. The molecule has 124 valence electrons. The number of nitrogens with zero attached hydrogens (tertiary/aromatic N) is 2. The fraction of sp³-hybridized carbons (Fsp3) is 0.350.